The number of aromatic amines is 1. The van der Waals surface area contributed by atoms with Crippen molar-refractivity contribution < 1.29 is 13.2 Å². The van der Waals surface area contributed by atoms with Crippen molar-refractivity contribution in [3.05, 3.63) is 60.0 Å². The predicted octanol–water partition coefficient (Wildman–Crippen LogP) is 4.47. The van der Waals surface area contributed by atoms with Gasteiger partial charge in [0.1, 0.15) is 5.82 Å². The minimum atomic E-state index is -4.42. The molecule has 0 radical (unpaired) electrons. The highest BCUT2D eigenvalue weighted by Crippen LogP contribution is 2.36. The van der Waals surface area contributed by atoms with E-state index >= 15 is 0 Å². The van der Waals surface area contributed by atoms with Crippen LogP contribution < -0.4 is 0 Å². The molecule has 22 heavy (non-hydrogen) atoms. The number of benzene rings is 1. The van der Waals surface area contributed by atoms with Gasteiger partial charge in [0, 0.05) is 29.2 Å². The first-order chi connectivity index (χ1) is 10.5. The molecule has 0 spiro atoms. The van der Waals surface area contributed by atoms with Crippen LogP contribution in [0.15, 0.2) is 48.8 Å². The Morgan fingerprint density at radius 2 is 1.82 bits per heavy atom. The van der Waals surface area contributed by atoms with Crippen LogP contribution >= 0.6 is 0 Å². The van der Waals surface area contributed by atoms with Gasteiger partial charge in [0.2, 0.25) is 0 Å². The Kier molecular flexibility index (Phi) is 3.44. The zero-order valence-corrected chi connectivity index (χ0v) is 11.6. The Balaban J connectivity index is 2.12. The minimum absolute atomic E-state index is 0.0354. The van der Waals surface area contributed by atoms with E-state index in [1.54, 1.807) is 31.5 Å². The van der Waals surface area contributed by atoms with E-state index in [2.05, 4.69) is 15.0 Å². The van der Waals surface area contributed by atoms with E-state index in [1.165, 1.54) is 12.1 Å². The van der Waals surface area contributed by atoms with E-state index in [1.807, 2.05) is 6.07 Å². The molecule has 0 amide bonds. The number of pyridine rings is 1. The summed E-state index contributed by atoms with van der Waals surface area (Å²) in [7, 11) is 0. The van der Waals surface area contributed by atoms with Gasteiger partial charge in [0.05, 0.1) is 11.3 Å². The SMILES string of the molecule is Cc1[nH]c(-c2ccccc2C(F)(F)F)nc1-c1cccnc1. The molecule has 1 aromatic carbocycles. The Morgan fingerprint density at radius 1 is 1.05 bits per heavy atom. The van der Waals surface area contributed by atoms with E-state index in [9.17, 15) is 13.2 Å². The second-order valence-corrected chi connectivity index (χ2v) is 4.84. The quantitative estimate of drug-likeness (QED) is 0.759. The lowest BCUT2D eigenvalue weighted by molar-refractivity contribution is -0.137. The number of aromatic nitrogens is 3. The van der Waals surface area contributed by atoms with Crippen LogP contribution in [-0.2, 0) is 6.18 Å². The molecule has 0 aliphatic carbocycles. The minimum Gasteiger partial charge on any atom is -0.342 e. The smallest absolute Gasteiger partial charge is 0.342 e. The summed E-state index contributed by atoms with van der Waals surface area (Å²) in [5.74, 6) is 0.198. The van der Waals surface area contributed by atoms with Gasteiger partial charge in [-0.2, -0.15) is 13.2 Å². The van der Waals surface area contributed by atoms with Crippen molar-refractivity contribution in [2.24, 2.45) is 0 Å². The summed E-state index contributed by atoms with van der Waals surface area (Å²) in [6, 6.07) is 8.96. The lowest BCUT2D eigenvalue weighted by Gasteiger charge is -2.10. The van der Waals surface area contributed by atoms with Gasteiger partial charge in [0.15, 0.2) is 0 Å². The third-order valence-electron chi connectivity index (χ3n) is 3.31. The van der Waals surface area contributed by atoms with Crippen molar-refractivity contribution in [2.75, 3.05) is 0 Å². The van der Waals surface area contributed by atoms with Gasteiger partial charge in [-0.3, -0.25) is 4.98 Å². The molecule has 3 aromatic rings. The standard InChI is InChI=1S/C16H12F3N3/c1-10-14(11-5-4-8-20-9-11)22-15(21-10)12-6-2-3-7-13(12)16(17,18)19/h2-9H,1H3,(H,21,22). The van der Waals surface area contributed by atoms with Crippen molar-refractivity contribution in [1.29, 1.82) is 0 Å². The molecule has 0 saturated carbocycles. The largest absolute Gasteiger partial charge is 0.417 e. The van der Waals surface area contributed by atoms with Crippen molar-refractivity contribution in [1.82, 2.24) is 15.0 Å². The van der Waals surface area contributed by atoms with Crippen LogP contribution in [0.1, 0.15) is 11.3 Å². The Bertz CT molecular complexity index is 792. The van der Waals surface area contributed by atoms with Crippen LogP contribution in [0.25, 0.3) is 22.6 Å². The maximum Gasteiger partial charge on any atom is 0.417 e. The van der Waals surface area contributed by atoms with Crippen molar-refractivity contribution >= 4 is 0 Å². The third-order valence-corrected chi connectivity index (χ3v) is 3.31. The zero-order valence-electron chi connectivity index (χ0n) is 11.6. The van der Waals surface area contributed by atoms with Crippen LogP contribution in [0.2, 0.25) is 0 Å². The van der Waals surface area contributed by atoms with Crippen LogP contribution in [0, 0.1) is 6.92 Å². The van der Waals surface area contributed by atoms with E-state index in [0.29, 0.717) is 11.4 Å². The number of hydrogen-bond acceptors (Lipinski definition) is 2. The van der Waals surface area contributed by atoms with Crippen LogP contribution in [0.3, 0.4) is 0 Å². The molecule has 3 nitrogen and oxygen atoms in total. The number of imidazole rings is 1. The highest BCUT2D eigenvalue weighted by molar-refractivity contribution is 5.68. The second-order valence-electron chi connectivity index (χ2n) is 4.84. The monoisotopic (exact) mass is 303 g/mol. The molecule has 0 fully saturated rings. The van der Waals surface area contributed by atoms with Crippen LogP contribution in [0.5, 0.6) is 0 Å². The number of nitrogens with zero attached hydrogens (tertiary/aromatic N) is 2. The topological polar surface area (TPSA) is 41.6 Å². The maximum atomic E-state index is 13.1. The lowest BCUT2D eigenvalue weighted by Crippen LogP contribution is -2.07. The molecule has 3 rings (SSSR count). The fraction of sp³-hybridized carbons (Fsp3) is 0.125. The number of H-pyrrole nitrogens is 1. The molecular weight excluding hydrogens is 291 g/mol. The summed E-state index contributed by atoms with van der Waals surface area (Å²) in [6.07, 6.45) is -1.17. The number of hydrogen-bond donors (Lipinski definition) is 1. The summed E-state index contributed by atoms with van der Waals surface area (Å²) < 4.78 is 39.3. The molecule has 0 bridgehead atoms. The molecule has 112 valence electrons. The number of nitrogens with one attached hydrogen (secondary N) is 1. The molecule has 0 atom stereocenters. The van der Waals surface area contributed by atoms with Gasteiger partial charge in [-0.05, 0) is 25.1 Å². The van der Waals surface area contributed by atoms with Gasteiger partial charge in [-0.15, -0.1) is 0 Å². The highest BCUT2D eigenvalue weighted by Gasteiger charge is 2.34. The average molecular weight is 303 g/mol. The first-order valence-corrected chi connectivity index (χ1v) is 6.60. The van der Waals surface area contributed by atoms with Gasteiger partial charge in [-0.25, -0.2) is 4.98 Å². The summed E-state index contributed by atoms with van der Waals surface area (Å²) in [6.45, 7) is 1.77. The molecule has 0 unspecified atom stereocenters. The summed E-state index contributed by atoms with van der Waals surface area (Å²) in [5.41, 5.74) is 1.38. The van der Waals surface area contributed by atoms with Crippen LogP contribution in [0.4, 0.5) is 13.2 Å². The Hall–Kier alpha value is -2.63. The van der Waals surface area contributed by atoms with E-state index in [0.717, 1.165) is 11.6 Å². The van der Waals surface area contributed by atoms with Crippen molar-refractivity contribution in [3.63, 3.8) is 0 Å². The molecule has 0 saturated heterocycles. The van der Waals surface area contributed by atoms with Crippen LogP contribution in [-0.4, -0.2) is 15.0 Å². The molecule has 0 aliphatic heterocycles. The van der Waals surface area contributed by atoms with Gasteiger partial charge < -0.3 is 4.98 Å². The lowest BCUT2D eigenvalue weighted by atomic mass is 10.1. The second kappa shape index (κ2) is 5.29. The Morgan fingerprint density at radius 3 is 2.50 bits per heavy atom. The summed E-state index contributed by atoms with van der Waals surface area (Å²) >= 11 is 0. The first kappa shape index (κ1) is 14.3. The van der Waals surface area contributed by atoms with Crippen molar-refractivity contribution in [3.8, 4) is 22.6 Å². The average Bonchev–Trinajstić information content (AvgIpc) is 2.89. The maximum absolute atomic E-state index is 13.1. The molecule has 2 aromatic heterocycles. The summed E-state index contributed by atoms with van der Waals surface area (Å²) in [4.78, 5) is 11.3. The Labute approximate surface area is 124 Å². The zero-order chi connectivity index (χ0) is 15.7. The highest BCUT2D eigenvalue weighted by atomic mass is 19.4. The predicted molar refractivity (Wildman–Crippen MR) is 77.0 cm³/mol. The summed E-state index contributed by atoms with van der Waals surface area (Å²) in [5, 5.41) is 0. The fourth-order valence-corrected chi connectivity index (χ4v) is 2.31. The normalized spacial score (nSPS) is 11.6. The van der Waals surface area contributed by atoms with E-state index < -0.39 is 11.7 Å². The van der Waals surface area contributed by atoms with Gasteiger partial charge in [-0.1, -0.05) is 18.2 Å². The number of halogens is 3. The van der Waals surface area contributed by atoms with Gasteiger partial charge in [0.25, 0.3) is 0 Å². The first-order valence-electron chi connectivity index (χ1n) is 6.60. The molecule has 6 heteroatoms. The fourth-order valence-electron chi connectivity index (χ4n) is 2.31. The van der Waals surface area contributed by atoms with Crippen molar-refractivity contribution in [2.45, 2.75) is 13.1 Å². The number of rotatable bonds is 2. The molecule has 2 heterocycles. The molecule has 1 N–H and O–H groups in total. The number of alkyl halides is 3. The van der Waals surface area contributed by atoms with E-state index in [-0.39, 0.29) is 11.4 Å². The molecule has 0 aliphatic rings. The third kappa shape index (κ3) is 2.59. The van der Waals surface area contributed by atoms with Gasteiger partial charge >= 0.3 is 6.18 Å². The molecular formula is C16H12F3N3. The van der Waals surface area contributed by atoms with E-state index in [4.69, 9.17) is 0 Å². The number of aryl methyl sites for hydroxylation is 1.